The predicted molar refractivity (Wildman–Crippen MR) is 108 cm³/mol. The van der Waals surface area contributed by atoms with Gasteiger partial charge in [0.05, 0.1) is 17.5 Å². The summed E-state index contributed by atoms with van der Waals surface area (Å²) in [7, 11) is 1.59. The van der Waals surface area contributed by atoms with Crippen molar-refractivity contribution in [3.63, 3.8) is 0 Å². The first-order valence-corrected chi connectivity index (χ1v) is 9.74. The van der Waals surface area contributed by atoms with Crippen LogP contribution in [0, 0.1) is 12.3 Å². The van der Waals surface area contributed by atoms with E-state index in [1.807, 2.05) is 35.4 Å². The first-order valence-electron chi connectivity index (χ1n) is 9.36. The molecule has 2 aliphatic heterocycles. The lowest BCUT2D eigenvalue weighted by atomic mass is 9.77. The molecule has 0 radical (unpaired) electrons. The van der Waals surface area contributed by atoms with Crippen LogP contribution < -0.4 is 14.5 Å². The van der Waals surface area contributed by atoms with Crippen LogP contribution in [0.25, 0.3) is 0 Å². The lowest BCUT2D eigenvalue weighted by molar-refractivity contribution is -0.126. The highest BCUT2D eigenvalue weighted by Crippen LogP contribution is 2.44. The second kappa shape index (κ2) is 7.04. The topological polar surface area (TPSA) is 45.7 Å². The number of aromatic nitrogens is 1. The molecule has 4 rings (SSSR count). The molecule has 2 aromatic rings. The number of hydrogen-bond acceptors (Lipinski definition) is 4. The molecule has 2 fully saturated rings. The van der Waals surface area contributed by atoms with Crippen LogP contribution in [0.2, 0.25) is 5.02 Å². The highest BCUT2D eigenvalue weighted by Gasteiger charge is 2.48. The molecule has 2 saturated heterocycles. The summed E-state index contributed by atoms with van der Waals surface area (Å²) in [5.41, 5.74) is 1.78. The molecule has 6 heteroatoms. The van der Waals surface area contributed by atoms with Crippen molar-refractivity contribution in [2.75, 3.05) is 36.5 Å². The second-order valence-electron chi connectivity index (χ2n) is 7.44. The van der Waals surface area contributed by atoms with E-state index in [4.69, 9.17) is 16.3 Å². The number of rotatable bonds is 3. The van der Waals surface area contributed by atoms with Crippen molar-refractivity contribution in [3.05, 3.63) is 47.1 Å². The molecule has 142 valence electrons. The van der Waals surface area contributed by atoms with Crippen LogP contribution in [0.1, 0.15) is 24.8 Å². The third-order valence-electron chi connectivity index (χ3n) is 5.96. The smallest absolute Gasteiger partial charge is 0.233 e. The van der Waals surface area contributed by atoms with Gasteiger partial charge in [0.1, 0.15) is 11.6 Å². The fraction of sp³-hybridized carbons (Fsp3) is 0.429. The van der Waals surface area contributed by atoms with Crippen molar-refractivity contribution in [1.82, 2.24) is 4.98 Å². The number of hydrogen-bond donors (Lipinski definition) is 0. The monoisotopic (exact) mass is 385 g/mol. The molecule has 0 bridgehead atoms. The Morgan fingerprint density at radius 3 is 2.56 bits per heavy atom. The van der Waals surface area contributed by atoms with E-state index in [9.17, 15) is 4.79 Å². The van der Waals surface area contributed by atoms with Gasteiger partial charge in [0, 0.05) is 31.5 Å². The van der Waals surface area contributed by atoms with E-state index in [0.29, 0.717) is 10.8 Å². The van der Waals surface area contributed by atoms with Crippen LogP contribution in [-0.2, 0) is 4.79 Å². The van der Waals surface area contributed by atoms with E-state index in [1.165, 1.54) is 5.56 Å². The van der Waals surface area contributed by atoms with Gasteiger partial charge in [-0.05, 0) is 56.0 Å². The standard InChI is InChI=1S/C21H24ClN3O2/c1-15-4-3-10-23-19(15)24-11-7-21(8-12-24)9-13-25(20(21)26)16-5-6-18(27-2)17(22)14-16/h3-6,10,14H,7-9,11-13H2,1-2H3. The summed E-state index contributed by atoms with van der Waals surface area (Å²) in [6, 6.07) is 9.60. The summed E-state index contributed by atoms with van der Waals surface area (Å²) >= 11 is 6.26. The number of anilines is 2. The summed E-state index contributed by atoms with van der Waals surface area (Å²) in [5.74, 6) is 1.89. The zero-order valence-corrected chi connectivity index (χ0v) is 16.5. The number of aryl methyl sites for hydroxylation is 1. The van der Waals surface area contributed by atoms with Gasteiger partial charge in [0.2, 0.25) is 5.91 Å². The summed E-state index contributed by atoms with van der Waals surface area (Å²) in [5, 5.41) is 0.532. The molecule has 5 nitrogen and oxygen atoms in total. The van der Waals surface area contributed by atoms with Crippen LogP contribution in [0.15, 0.2) is 36.5 Å². The molecule has 0 atom stereocenters. The van der Waals surface area contributed by atoms with Crippen molar-refractivity contribution in [3.8, 4) is 5.75 Å². The lowest BCUT2D eigenvalue weighted by Crippen LogP contribution is -2.45. The molecule has 1 amide bonds. The molecule has 0 aliphatic carbocycles. The molecule has 1 spiro atoms. The number of ether oxygens (including phenoxy) is 1. The second-order valence-corrected chi connectivity index (χ2v) is 7.84. The van der Waals surface area contributed by atoms with Crippen molar-refractivity contribution >= 4 is 29.0 Å². The number of methoxy groups -OCH3 is 1. The van der Waals surface area contributed by atoms with Crippen molar-refractivity contribution in [2.45, 2.75) is 26.2 Å². The minimum atomic E-state index is -0.258. The Bertz CT molecular complexity index is 862. The highest BCUT2D eigenvalue weighted by atomic mass is 35.5. The Labute approximate surface area is 164 Å². The maximum atomic E-state index is 13.3. The quantitative estimate of drug-likeness (QED) is 0.798. The van der Waals surface area contributed by atoms with Crippen LogP contribution in [0.4, 0.5) is 11.5 Å². The van der Waals surface area contributed by atoms with Gasteiger partial charge in [0.25, 0.3) is 0 Å². The van der Waals surface area contributed by atoms with Crippen LogP contribution in [-0.4, -0.2) is 37.6 Å². The SMILES string of the molecule is COc1ccc(N2CCC3(CCN(c4ncccc4C)CC3)C2=O)cc1Cl. The van der Waals surface area contributed by atoms with Gasteiger partial charge >= 0.3 is 0 Å². The first kappa shape index (κ1) is 18.1. The number of amides is 1. The average molecular weight is 386 g/mol. The van der Waals surface area contributed by atoms with E-state index in [0.717, 1.165) is 50.4 Å². The lowest BCUT2D eigenvalue weighted by Gasteiger charge is -2.39. The van der Waals surface area contributed by atoms with Gasteiger partial charge in [0.15, 0.2) is 0 Å². The Kier molecular flexibility index (Phi) is 4.72. The number of carbonyl (C=O) groups is 1. The number of pyridine rings is 1. The Morgan fingerprint density at radius 2 is 1.89 bits per heavy atom. The molecule has 2 aliphatic rings. The van der Waals surface area contributed by atoms with Crippen LogP contribution in [0.3, 0.4) is 0 Å². The van der Waals surface area contributed by atoms with E-state index in [-0.39, 0.29) is 11.3 Å². The third-order valence-corrected chi connectivity index (χ3v) is 6.26. The normalized spacial score (nSPS) is 19.0. The third kappa shape index (κ3) is 3.14. The van der Waals surface area contributed by atoms with E-state index in [2.05, 4.69) is 22.9 Å². The van der Waals surface area contributed by atoms with E-state index < -0.39 is 0 Å². The largest absolute Gasteiger partial charge is 0.495 e. The molecule has 27 heavy (non-hydrogen) atoms. The van der Waals surface area contributed by atoms with Crippen LogP contribution >= 0.6 is 11.6 Å². The molecule has 0 N–H and O–H groups in total. The summed E-state index contributed by atoms with van der Waals surface area (Å²) in [4.78, 5) is 22.0. The van der Waals surface area contributed by atoms with Gasteiger partial charge in [-0.25, -0.2) is 4.98 Å². The Hall–Kier alpha value is -2.27. The average Bonchev–Trinajstić information content (AvgIpc) is 2.99. The molecule has 0 unspecified atom stereocenters. The van der Waals surface area contributed by atoms with Gasteiger partial charge in [-0.2, -0.15) is 0 Å². The number of benzene rings is 1. The van der Waals surface area contributed by atoms with Gasteiger partial charge in [-0.3, -0.25) is 4.79 Å². The Balaban J connectivity index is 1.49. The minimum Gasteiger partial charge on any atom is -0.495 e. The summed E-state index contributed by atoms with van der Waals surface area (Å²) in [6.45, 7) is 4.55. The van der Waals surface area contributed by atoms with E-state index >= 15 is 0 Å². The number of carbonyl (C=O) groups excluding carboxylic acids is 1. The molecule has 3 heterocycles. The maximum absolute atomic E-state index is 13.3. The first-order chi connectivity index (χ1) is 13.0. The minimum absolute atomic E-state index is 0.223. The number of halogens is 1. The molecule has 1 aromatic carbocycles. The van der Waals surface area contributed by atoms with Crippen LogP contribution in [0.5, 0.6) is 5.75 Å². The molecular formula is C21H24ClN3O2. The van der Waals surface area contributed by atoms with Crippen molar-refractivity contribution in [2.24, 2.45) is 5.41 Å². The van der Waals surface area contributed by atoms with Gasteiger partial charge in [-0.1, -0.05) is 17.7 Å². The Morgan fingerprint density at radius 1 is 1.15 bits per heavy atom. The molecule has 1 aromatic heterocycles. The maximum Gasteiger partial charge on any atom is 0.233 e. The zero-order valence-electron chi connectivity index (χ0n) is 15.7. The van der Waals surface area contributed by atoms with Crippen molar-refractivity contribution in [1.29, 1.82) is 0 Å². The fourth-order valence-corrected chi connectivity index (χ4v) is 4.56. The summed E-state index contributed by atoms with van der Waals surface area (Å²) < 4.78 is 5.22. The highest BCUT2D eigenvalue weighted by molar-refractivity contribution is 6.32. The van der Waals surface area contributed by atoms with Gasteiger partial charge < -0.3 is 14.5 Å². The van der Waals surface area contributed by atoms with E-state index in [1.54, 1.807) is 7.11 Å². The number of nitrogens with zero attached hydrogens (tertiary/aromatic N) is 3. The zero-order chi connectivity index (χ0) is 19.0. The molecule has 0 saturated carbocycles. The van der Waals surface area contributed by atoms with Crippen molar-refractivity contribution < 1.29 is 9.53 Å². The predicted octanol–water partition coefficient (Wildman–Crippen LogP) is 4.08. The fourth-order valence-electron chi connectivity index (χ4n) is 4.31. The summed E-state index contributed by atoms with van der Waals surface area (Å²) in [6.07, 6.45) is 4.46. The molecular weight excluding hydrogens is 362 g/mol. The number of piperidine rings is 1. The van der Waals surface area contributed by atoms with Gasteiger partial charge in [-0.15, -0.1) is 0 Å².